The third-order valence-corrected chi connectivity index (χ3v) is 6.88. The summed E-state index contributed by atoms with van der Waals surface area (Å²) in [6.45, 7) is 15.6. The van der Waals surface area contributed by atoms with Gasteiger partial charge in [0.15, 0.2) is 6.79 Å². The SMILES string of the molecule is CCCOC1C(c2ccccc2OCOC)=CC(F)(C(C)(C)CC(C)(C)C)CC1(C)I. The zero-order chi connectivity index (χ0) is 23.5. The van der Waals surface area contributed by atoms with Crippen molar-refractivity contribution in [1.29, 1.82) is 0 Å². The minimum absolute atomic E-state index is 0.0211. The first-order chi connectivity index (χ1) is 14.3. The number of methoxy groups -OCH3 is 1. The van der Waals surface area contributed by atoms with Crippen molar-refractivity contribution < 1.29 is 18.6 Å². The van der Waals surface area contributed by atoms with E-state index in [1.807, 2.05) is 30.3 Å². The van der Waals surface area contributed by atoms with Crippen molar-refractivity contribution >= 4 is 28.2 Å². The fraction of sp³-hybridized carbons (Fsp3) is 0.692. The zero-order valence-electron chi connectivity index (χ0n) is 20.5. The van der Waals surface area contributed by atoms with Gasteiger partial charge in [-0.05, 0) is 42.9 Å². The molecule has 31 heavy (non-hydrogen) atoms. The standard InChI is InChI=1S/C26H40FIO3/c1-9-14-30-22-20(19-12-10-11-13-21(19)31-18-29-8)15-26(27,17-25(22,7)28)24(5,6)16-23(2,3)4/h10-13,15,22H,9,14,16-18H2,1-8H3. The largest absolute Gasteiger partial charge is 0.467 e. The average Bonchev–Trinajstić information content (AvgIpc) is 2.63. The number of rotatable bonds is 9. The summed E-state index contributed by atoms with van der Waals surface area (Å²) in [7, 11) is 1.60. The van der Waals surface area contributed by atoms with E-state index in [1.54, 1.807) is 7.11 Å². The molecule has 2 rings (SSSR count). The number of allylic oxidation sites excluding steroid dienone is 1. The van der Waals surface area contributed by atoms with Crippen LogP contribution in [0.2, 0.25) is 0 Å². The summed E-state index contributed by atoms with van der Waals surface area (Å²) in [4.78, 5) is 0. The predicted molar refractivity (Wildman–Crippen MR) is 136 cm³/mol. The average molecular weight is 547 g/mol. The van der Waals surface area contributed by atoms with Gasteiger partial charge in [-0.15, -0.1) is 0 Å². The van der Waals surface area contributed by atoms with E-state index >= 15 is 4.39 Å². The molecule has 0 saturated carbocycles. The van der Waals surface area contributed by atoms with Crippen molar-refractivity contribution in [3.05, 3.63) is 35.9 Å². The van der Waals surface area contributed by atoms with Crippen LogP contribution in [0.1, 0.15) is 73.3 Å². The quantitative estimate of drug-likeness (QED) is 0.181. The number of ether oxygens (including phenoxy) is 3. The number of halogens is 2. The highest BCUT2D eigenvalue weighted by molar-refractivity contribution is 14.1. The molecule has 0 bridgehead atoms. The Kier molecular flexibility index (Phi) is 8.65. The van der Waals surface area contributed by atoms with E-state index in [0.29, 0.717) is 18.8 Å². The van der Waals surface area contributed by atoms with E-state index in [-0.39, 0.29) is 18.3 Å². The van der Waals surface area contributed by atoms with Crippen LogP contribution in [0.5, 0.6) is 5.75 Å². The lowest BCUT2D eigenvalue weighted by molar-refractivity contribution is -0.0149. The maximum atomic E-state index is 17.0. The van der Waals surface area contributed by atoms with Crippen LogP contribution in [0.3, 0.4) is 0 Å². The van der Waals surface area contributed by atoms with Gasteiger partial charge in [-0.1, -0.05) is 82.3 Å². The first-order valence-corrected chi connectivity index (χ1v) is 12.3. The molecular weight excluding hydrogens is 506 g/mol. The normalized spacial score (nSPS) is 27.2. The molecule has 0 heterocycles. The topological polar surface area (TPSA) is 27.7 Å². The Hall–Kier alpha value is -0.660. The van der Waals surface area contributed by atoms with Gasteiger partial charge >= 0.3 is 0 Å². The molecule has 1 aromatic carbocycles. The van der Waals surface area contributed by atoms with Crippen molar-refractivity contribution in [1.82, 2.24) is 0 Å². The molecule has 3 nitrogen and oxygen atoms in total. The second kappa shape index (κ2) is 10.1. The summed E-state index contributed by atoms with van der Waals surface area (Å²) in [5, 5.41) is 0. The van der Waals surface area contributed by atoms with Gasteiger partial charge in [-0.3, -0.25) is 0 Å². The molecule has 0 amide bonds. The summed E-state index contributed by atoms with van der Waals surface area (Å²) in [6.07, 6.45) is 3.70. The second-order valence-electron chi connectivity index (χ2n) is 10.8. The van der Waals surface area contributed by atoms with Crippen LogP contribution in [-0.4, -0.2) is 35.7 Å². The molecule has 1 aliphatic rings. The molecule has 3 atom stereocenters. The van der Waals surface area contributed by atoms with Gasteiger partial charge < -0.3 is 14.2 Å². The third-order valence-electron chi connectivity index (χ3n) is 5.93. The lowest BCUT2D eigenvalue weighted by atomic mass is 9.61. The fourth-order valence-corrected chi connectivity index (χ4v) is 5.94. The molecule has 0 fully saturated rings. The molecule has 0 aliphatic heterocycles. The highest BCUT2D eigenvalue weighted by Crippen LogP contribution is 2.56. The van der Waals surface area contributed by atoms with Crippen molar-refractivity contribution in [3.8, 4) is 5.75 Å². The van der Waals surface area contributed by atoms with Gasteiger partial charge in [0.1, 0.15) is 11.4 Å². The molecule has 3 unspecified atom stereocenters. The summed E-state index contributed by atoms with van der Waals surface area (Å²) < 4.78 is 33.9. The number of hydrogen-bond acceptors (Lipinski definition) is 3. The third kappa shape index (κ3) is 6.44. The van der Waals surface area contributed by atoms with Gasteiger partial charge in [0.25, 0.3) is 0 Å². The molecular formula is C26H40FIO3. The lowest BCUT2D eigenvalue weighted by Gasteiger charge is -2.50. The molecule has 0 aromatic heterocycles. The predicted octanol–water partition coefficient (Wildman–Crippen LogP) is 7.62. The van der Waals surface area contributed by atoms with Crippen LogP contribution >= 0.6 is 22.6 Å². The molecule has 1 aliphatic carbocycles. The monoisotopic (exact) mass is 546 g/mol. The molecule has 176 valence electrons. The van der Waals surface area contributed by atoms with Gasteiger partial charge in [-0.25, -0.2) is 4.39 Å². The fourth-order valence-electron chi connectivity index (χ4n) is 4.87. The minimum Gasteiger partial charge on any atom is -0.467 e. The van der Waals surface area contributed by atoms with E-state index < -0.39 is 14.5 Å². The summed E-state index contributed by atoms with van der Waals surface area (Å²) in [6, 6.07) is 7.79. The minimum atomic E-state index is -1.48. The van der Waals surface area contributed by atoms with E-state index in [4.69, 9.17) is 14.2 Å². The van der Waals surface area contributed by atoms with Crippen LogP contribution in [0.25, 0.3) is 5.57 Å². The smallest absolute Gasteiger partial charge is 0.188 e. The van der Waals surface area contributed by atoms with Crippen molar-refractivity contribution in [2.75, 3.05) is 20.5 Å². The Balaban J connectivity index is 2.66. The maximum absolute atomic E-state index is 17.0. The van der Waals surface area contributed by atoms with E-state index in [9.17, 15) is 0 Å². The Bertz CT molecular complexity index is 766. The van der Waals surface area contributed by atoms with Crippen molar-refractivity contribution in [3.63, 3.8) is 0 Å². The number of hydrogen-bond donors (Lipinski definition) is 0. The van der Waals surface area contributed by atoms with Crippen molar-refractivity contribution in [2.45, 2.75) is 82.9 Å². The first-order valence-electron chi connectivity index (χ1n) is 11.2. The Labute approximate surface area is 202 Å². The van der Waals surface area contributed by atoms with Gasteiger partial charge in [0.2, 0.25) is 0 Å². The molecule has 1 aromatic rings. The Morgan fingerprint density at radius 3 is 2.39 bits per heavy atom. The maximum Gasteiger partial charge on any atom is 0.188 e. The van der Waals surface area contributed by atoms with Crippen LogP contribution in [0, 0.1) is 10.8 Å². The molecule has 0 radical (unpaired) electrons. The lowest BCUT2D eigenvalue weighted by Crippen LogP contribution is -2.53. The summed E-state index contributed by atoms with van der Waals surface area (Å²) in [5.74, 6) is 0.686. The van der Waals surface area contributed by atoms with E-state index in [0.717, 1.165) is 24.0 Å². The molecule has 0 saturated heterocycles. The molecule has 0 spiro atoms. The van der Waals surface area contributed by atoms with Crippen LogP contribution in [-0.2, 0) is 9.47 Å². The number of alkyl halides is 2. The highest BCUT2D eigenvalue weighted by atomic mass is 127. The van der Waals surface area contributed by atoms with E-state index in [1.165, 1.54) is 0 Å². The Morgan fingerprint density at radius 2 is 1.81 bits per heavy atom. The summed E-state index contributed by atoms with van der Waals surface area (Å²) in [5.41, 5.74) is -0.259. The highest BCUT2D eigenvalue weighted by Gasteiger charge is 2.55. The van der Waals surface area contributed by atoms with Gasteiger partial charge in [0, 0.05) is 31.1 Å². The number of para-hydroxylation sites is 1. The van der Waals surface area contributed by atoms with Crippen LogP contribution < -0.4 is 4.74 Å². The van der Waals surface area contributed by atoms with Crippen molar-refractivity contribution in [2.24, 2.45) is 10.8 Å². The van der Waals surface area contributed by atoms with Crippen LogP contribution in [0.4, 0.5) is 4.39 Å². The van der Waals surface area contributed by atoms with Crippen LogP contribution in [0.15, 0.2) is 30.3 Å². The first kappa shape index (κ1) is 26.6. The zero-order valence-corrected chi connectivity index (χ0v) is 22.6. The molecule has 0 N–H and O–H groups in total. The second-order valence-corrected chi connectivity index (χ2v) is 13.3. The number of benzene rings is 1. The Morgan fingerprint density at radius 1 is 1.16 bits per heavy atom. The molecule has 5 heteroatoms. The summed E-state index contributed by atoms with van der Waals surface area (Å²) >= 11 is 2.41. The van der Waals surface area contributed by atoms with E-state index in [2.05, 4.69) is 71.1 Å². The van der Waals surface area contributed by atoms with Gasteiger partial charge in [0.05, 0.1) is 9.53 Å². The van der Waals surface area contributed by atoms with Gasteiger partial charge in [-0.2, -0.15) is 0 Å².